The van der Waals surface area contributed by atoms with Crippen molar-refractivity contribution in [2.24, 2.45) is 0 Å². The molecule has 5 nitrogen and oxygen atoms in total. The van der Waals surface area contributed by atoms with Gasteiger partial charge in [-0.15, -0.1) is 0 Å². The number of benzene rings is 1. The monoisotopic (exact) mass is 353 g/mol. The van der Waals surface area contributed by atoms with Crippen molar-refractivity contribution in [1.82, 2.24) is 14.9 Å². The number of hydrogen-bond acceptors (Lipinski definition) is 3. The van der Waals surface area contributed by atoms with Crippen LogP contribution in [0.25, 0.3) is 0 Å². The van der Waals surface area contributed by atoms with Gasteiger partial charge < -0.3 is 9.88 Å². The van der Waals surface area contributed by atoms with Gasteiger partial charge in [0.1, 0.15) is 5.56 Å². The summed E-state index contributed by atoms with van der Waals surface area (Å²) in [5, 5.41) is 3.38. The molecule has 0 aliphatic carbocycles. The maximum atomic E-state index is 12.6. The lowest BCUT2D eigenvalue weighted by molar-refractivity contribution is 0.0949. The summed E-state index contributed by atoms with van der Waals surface area (Å²) in [7, 11) is 0. The molecule has 126 valence electrons. The van der Waals surface area contributed by atoms with Crippen LogP contribution in [-0.4, -0.2) is 15.5 Å². The molecule has 1 amide bonds. The van der Waals surface area contributed by atoms with Gasteiger partial charge in [-0.1, -0.05) is 29.8 Å². The quantitative estimate of drug-likeness (QED) is 0.767. The molecule has 0 aliphatic rings. The fraction of sp³-hybridized carbons (Fsp3) is 0.105. The third-order valence-corrected chi connectivity index (χ3v) is 3.96. The lowest BCUT2D eigenvalue weighted by atomic mass is 10.2. The highest BCUT2D eigenvalue weighted by Crippen LogP contribution is 2.10. The van der Waals surface area contributed by atoms with Crippen LogP contribution in [0, 0.1) is 0 Å². The zero-order chi connectivity index (χ0) is 17.6. The maximum absolute atomic E-state index is 12.6. The van der Waals surface area contributed by atoms with Gasteiger partial charge in [0.25, 0.3) is 11.5 Å². The summed E-state index contributed by atoms with van der Waals surface area (Å²) >= 11 is 5.87. The summed E-state index contributed by atoms with van der Waals surface area (Å²) in [6.45, 7) is 0.692. The predicted octanol–water partition coefficient (Wildman–Crippen LogP) is 2.88. The molecule has 0 saturated carbocycles. The van der Waals surface area contributed by atoms with Crippen molar-refractivity contribution in [3.05, 3.63) is 99.2 Å². The maximum Gasteiger partial charge on any atom is 0.263 e. The highest BCUT2D eigenvalue weighted by molar-refractivity contribution is 6.30. The van der Waals surface area contributed by atoms with Gasteiger partial charge in [0.05, 0.1) is 6.54 Å². The molecule has 0 saturated heterocycles. The second-order valence-electron chi connectivity index (χ2n) is 5.53. The Hall–Kier alpha value is -2.92. The molecule has 0 radical (unpaired) electrons. The van der Waals surface area contributed by atoms with Crippen LogP contribution in [0.4, 0.5) is 0 Å². The normalized spacial score (nSPS) is 10.4. The van der Waals surface area contributed by atoms with E-state index in [1.54, 1.807) is 42.9 Å². The lowest BCUT2D eigenvalue weighted by Crippen LogP contribution is -2.32. The van der Waals surface area contributed by atoms with E-state index in [0.717, 1.165) is 11.1 Å². The molecule has 1 aromatic carbocycles. The molecule has 0 bridgehead atoms. The molecule has 2 heterocycles. The molecule has 0 aliphatic heterocycles. The van der Waals surface area contributed by atoms with Gasteiger partial charge in [-0.05, 0) is 41.5 Å². The predicted molar refractivity (Wildman–Crippen MR) is 96.7 cm³/mol. The smallest absolute Gasteiger partial charge is 0.263 e. The van der Waals surface area contributed by atoms with Crippen LogP contribution in [-0.2, 0) is 13.1 Å². The molecule has 2 aromatic heterocycles. The molecule has 25 heavy (non-hydrogen) atoms. The number of nitrogens with zero attached hydrogens (tertiary/aromatic N) is 2. The number of aromatic nitrogens is 2. The Morgan fingerprint density at radius 1 is 1.08 bits per heavy atom. The van der Waals surface area contributed by atoms with Gasteiger partial charge >= 0.3 is 0 Å². The summed E-state index contributed by atoms with van der Waals surface area (Å²) < 4.78 is 1.50. The standard InChI is InChI=1S/C19H16ClN3O2/c20-16-7-5-14(6-8-16)13-23-10-2-4-17(19(23)25)18(24)22-12-15-3-1-9-21-11-15/h1-11H,12-13H2,(H,22,24). The largest absolute Gasteiger partial charge is 0.348 e. The third-order valence-electron chi connectivity index (χ3n) is 3.71. The summed E-state index contributed by atoms with van der Waals surface area (Å²) in [6, 6.07) is 14.1. The minimum Gasteiger partial charge on any atom is -0.348 e. The van der Waals surface area contributed by atoms with Crippen LogP contribution in [0.2, 0.25) is 5.02 Å². The van der Waals surface area contributed by atoms with Gasteiger partial charge in [0, 0.05) is 30.2 Å². The first-order valence-corrected chi connectivity index (χ1v) is 8.12. The number of rotatable bonds is 5. The van der Waals surface area contributed by atoms with Crippen molar-refractivity contribution >= 4 is 17.5 Å². The highest BCUT2D eigenvalue weighted by Gasteiger charge is 2.12. The van der Waals surface area contributed by atoms with E-state index in [2.05, 4.69) is 10.3 Å². The number of halogens is 1. The van der Waals surface area contributed by atoms with E-state index >= 15 is 0 Å². The van der Waals surface area contributed by atoms with Gasteiger partial charge in [-0.2, -0.15) is 0 Å². The van der Waals surface area contributed by atoms with Gasteiger partial charge in [0.2, 0.25) is 0 Å². The Balaban J connectivity index is 1.75. The number of carbonyl (C=O) groups excluding carboxylic acids is 1. The van der Waals surface area contributed by atoms with Crippen LogP contribution in [0.5, 0.6) is 0 Å². The number of carbonyl (C=O) groups is 1. The van der Waals surface area contributed by atoms with Crippen molar-refractivity contribution in [1.29, 1.82) is 0 Å². The zero-order valence-corrected chi connectivity index (χ0v) is 14.1. The zero-order valence-electron chi connectivity index (χ0n) is 13.4. The molecule has 3 rings (SSSR count). The Morgan fingerprint density at radius 3 is 2.60 bits per heavy atom. The first-order chi connectivity index (χ1) is 12.1. The van der Waals surface area contributed by atoms with E-state index in [9.17, 15) is 9.59 Å². The van der Waals surface area contributed by atoms with Crippen molar-refractivity contribution in [2.45, 2.75) is 13.1 Å². The molecule has 0 unspecified atom stereocenters. The lowest BCUT2D eigenvalue weighted by Gasteiger charge is -2.09. The molecular formula is C19H16ClN3O2. The van der Waals surface area contributed by atoms with Crippen LogP contribution in [0.1, 0.15) is 21.5 Å². The van der Waals surface area contributed by atoms with Crippen LogP contribution < -0.4 is 10.9 Å². The molecule has 0 fully saturated rings. The van der Waals surface area contributed by atoms with Gasteiger partial charge in [-0.3, -0.25) is 14.6 Å². The van der Waals surface area contributed by atoms with E-state index in [4.69, 9.17) is 11.6 Å². The van der Waals surface area contributed by atoms with Gasteiger partial charge in [0.15, 0.2) is 0 Å². The van der Waals surface area contributed by atoms with Crippen molar-refractivity contribution in [3.8, 4) is 0 Å². The first-order valence-electron chi connectivity index (χ1n) is 7.74. The highest BCUT2D eigenvalue weighted by atomic mass is 35.5. The first kappa shape index (κ1) is 16.9. The second kappa shape index (κ2) is 7.77. The Kier molecular flexibility index (Phi) is 5.26. The molecule has 3 aromatic rings. The third kappa shape index (κ3) is 4.33. The van der Waals surface area contributed by atoms with Crippen LogP contribution in [0.3, 0.4) is 0 Å². The summed E-state index contributed by atoms with van der Waals surface area (Å²) in [5.74, 6) is -0.403. The molecule has 1 N–H and O–H groups in total. The SMILES string of the molecule is O=C(NCc1cccnc1)c1cccn(Cc2ccc(Cl)cc2)c1=O. The Labute approximate surface area is 149 Å². The number of hydrogen-bond donors (Lipinski definition) is 1. The van der Waals surface area contributed by atoms with E-state index in [1.807, 2.05) is 18.2 Å². The second-order valence-corrected chi connectivity index (χ2v) is 5.96. The number of pyridine rings is 2. The number of nitrogens with one attached hydrogen (secondary N) is 1. The fourth-order valence-electron chi connectivity index (χ4n) is 2.40. The van der Waals surface area contributed by atoms with Gasteiger partial charge in [-0.25, -0.2) is 0 Å². The average molecular weight is 354 g/mol. The minimum atomic E-state index is -0.403. The average Bonchev–Trinajstić information content (AvgIpc) is 2.64. The molecule has 0 spiro atoms. The Bertz CT molecular complexity index is 921. The fourth-order valence-corrected chi connectivity index (χ4v) is 2.53. The van der Waals surface area contributed by atoms with E-state index in [-0.39, 0.29) is 11.1 Å². The van der Waals surface area contributed by atoms with Crippen LogP contribution in [0.15, 0.2) is 71.9 Å². The summed E-state index contributed by atoms with van der Waals surface area (Å²) in [4.78, 5) is 28.9. The summed E-state index contributed by atoms with van der Waals surface area (Å²) in [5.41, 5.74) is 1.58. The Morgan fingerprint density at radius 2 is 1.88 bits per heavy atom. The molecule has 0 atom stereocenters. The topological polar surface area (TPSA) is 64.0 Å². The van der Waals surface area contributed by atoms with Crippen molar-refractivity contribution < 1.29 is 4.79 Å². The molecular weight excluding hydrogens is 338 g/mol. The van der Waals surface area contributed by atoms with E-state index in [1.165, 1.54) is 10.6 Å². The van der Waals surface area contributed by atoms with Crippen molar-refractivity contribution in [2.75, 3.05) is 0 Å². The minimum absolute atomic E-state index is 0.111. The van der Waals surface area contributed by atoms with E-state index < -0.39 is 5.91 Å². The summed E-state index contributed by atoms with van der Waals surface area (Å²) in [6.07, 6.45) is 5.00. The van der Waals surface area contributed by atoms with Crippen LogP contribution >= 0.6 is 11.6 Å². The van der Waals surface area contributed by atoms with E-state index in [0.29, 0.717) is 18.1 Å². The number of amides is 1. The molecule has 6 heteroatoms. The van der Waals surface area contributed by atoms with Crippen molar-refractivity contribution in [3.63, 3.8) is 0 Å².